The lowest BCUT2D eigenvalue weighted by molar-refractivity contribution is -0.145. The van der Waals surface area contributed by atoms with Crippen LogP contribution in [0.2, 0.25) is 0 Å². The van der Waals surface area contributed by atoms with Gasteiger partial charge in [0, 0.05) is 50.9 Å². The average Bonchev–Trinajstić information content (AvgIpc) is 2.86. The topological polar surface area (TPSA) is 79.3 Å². The van der Waals surface area contributed by atoms with E-state index in [-0.39, 0.29) is 22.1 Å². The smallest absolute Gasteiger partial charge is 0.338 e. The van der Waals surface area contributed by atoms with E-state index < -0.39 is 31.4 Å². The Hall–Kier alpha value is -3.05. The zero-order valence-electron chi connectivity index (χ0n) is 23.3. The van der Waals surface area contributed by atoms with Crippen molar-refractivity contribution in [1.82, 2.24) is 0 Å². The molecule has 0 radical (unpaired) electrons. The van der Waals surface area contributed by atoms with Gasteiger partial charge in [0.15, 0.2) is 0 Å². The monoisotopic (exact) mass is 526 g/mol. The van der Waals surface area contributed by atoms with Crippen LogP contribution in [0.15, 0.2) is 59.9 Å². The van der Waals surface area contributed by atoms with Crippen molar-refractivity contribution in [2.24, 2.45) is 5.92 Å². The van der Waals surface area contributed by atoms with E-state index in [1.165, 1.54) is 14.2 Å². The van der Waals surface area contributed by atoms with E-state index in [0.29, 0.717) is 0 Å². The van der Waals surface area contributed by atoms with Gasteiger partial charge in [-0.15, -0.1) is 0 Å². The largest absolute Gasteiger partial charge is 0.511 e. The Morgan fingerprint density at radius 2 is 1.27 bits per heavy atom. The number of aliphatic hydroxyl groups is 1. The maximum Gasteiger partial charge on any atom is 0.338 e. The highest BCUT2D eigenvalue weighted by atomic mass is 31.1. The first-order chi connectivity index (χ1) is 17.3. The number of esters is 2. The van der Waals surface area contributed by atoms with Crippen molar-refractivity contribution in [1.29, 1.82) is 0 Å². The maximum absolute atomic E-state index is 13.3. The first-order valence-corrected chi connectivity index (χ1v) is 13.7. The van der Waals surface area contributed by atoms with E-state index in [2.05, 4.69) is 20.8 Å². The quantitative estimate of drug-likeness (QED) is 0.384. The Morgan fingerprint density at radius 3 is 1.65 bits per heavy atom. The van der Waals surface area contributed by atoms with Gasteiger partial charge in [0.2, 0.25) is 0 Å². The number of methoxy groups -OCH3 is 2. The second-order valence-electron chi connectivity index (χ2n) is 10.7. The minimum atomic E-state index is -1.17. The van der Waals surface area contributed by atoms with Crippen molar-refractivity contribution in [2.45, 2.75) is 37.2 Å². The third-order valence-electron chi connectivity index (χ3n) is 6.85. The lowest BCUT2D eigenvalue weighted by Crippen LogP contribution is -2.37. The molecular formula is C29H39N2O5P. The van der Waals surface area contributed by atoms with Crippen molar-refractivity contribution >= 4 is 31.2 Å². The number of carbonyl (C=O) groups excluding carboxylic acids is 2. The average molecular weight is 527 g/mol. The summed E-state index contributed by atoms with van der Waals surface area (Å²) in [7, 11) is 9.32. The molecule has 8 heteroatoms. The fourth-order valence-electron chi connectivity index (χ4n) is 5.02. The number of anilines is 2. The first-order valence-electron chi connectivity index (χ1n) is 12.3. The van der Waals surface area contributed by atoms with E-state index in [1.807, 2.05) is 86.5 Å². The number of nitrogens with zero attached hydrogens (tertiary/aromatic N) is 2. The Morgan fingerprint density at radius 1 is 0.811 bits per heavy atom. The maximum atomic E-state index is 13.3. The van der Waals surface area contributed by atoms with Crippen LogP contribution in [0, 0.1) is 5.92 Å². The Kier molecular flexibility index (Phi) is 8.59. The summed E-state index contributed by atoms with van der Waals surface area (Å²) in [5, 5.41) is 11.3. The van der Waals surface area contributed by atoms with E-state index in [4.69, 9.17) is 9.47 Å². The third kappa shape index (κ3) is 5.62. The second kappa shape index (κ2) is 11.1. The van der Waals surface area contributed by atoms with E-state index >= 15 is 0 Å². The van der Waals surface area contributed by atoms with Crippen molar-refractivity contribution in [3.05, 3.63) is 71.0 Å². The van der Waals surface area contributed by atoms with Gasteiger partial charge in [-0.3, -0.25) is 4.79 Å². The molecule has 4 atom stereocenters. The fraction of sp³-hybridized carbons (Fsp3) is 0.448. The molecule has 2 aromatic carbocycles. The number of rotatable bonds is 6. The standard InChI is InChI=1S/C29H39N2O5P/c1-29(2,3)37-25(18-10-14-20(15-11-18)30(4)5)22(27(33)35-8)24(32)23(28(34)36-9)26(37)19-12-16-21(17-13-19)31(6)7/h10-17,22,25-26,32H,1-9H3/t22-,25-,26-,37?/m1/s1. The van der Waals surface area contributed by atoms with Gasteiger partial charge in [-0.05, 0) is 40.5 Å². The predicted molar refractivity (Wildman–Crippen MR) is 151 cm³/mol. The van der Waals surface area contributed by atoms with E-state index in [1.54, 1.807) is 0 Å². The zero-order valence-corrected chi connectivity index (χ0v) is 24.2. The van der Waals surface area contributed by atoms with E-state index in [0.717, 1.165) is 22.5 Å². The SMILES string of the molecule is COC(=O)C1=C(O)[C@@H](C(=O)OC)[C@@H](c2ccc(N(C)C)cc2)P(C(C)(C)C)[C@@H]1c1ccc(N(C)C)cc1. The molecule has 0 fully saturated rings. The van der Waals surface area contributed by atoms with Gasteiger partial charge in [0.05, 0.1) is 19.8 Å². The predicted octanol–water partition coefficient (Wildman–Crippen LogP) is 5.67. The van der Waals surface area contributed by atoms with E-state index in [9.17, 15) is 14.7 Å². The molecule has 7 nitrogen and oxygen atoms in total. The number of hydrogen-bond donors (Lipinski definition) is 1. The molecule has 200 valence electrons. The van der Waals surface area contributed by atoms with Gasteiger partial charge in [-0.2, -0.15) is 0 Å². The van der Waals surface area contributed by atoms with Crippen LogP contribution in [-0.2, 0) is 19.1 Å². The molecule has 0 spiro atoms. The van der Waals surface area contributed by atoms with Crippen LogP contribution < -0.4 is 9.80 Å². The van der Waals surface area contributed by atoms with Crippen LogP contribution in [-0.4, -0.2) is 64.6 Å². The molecule has 1 aliphatic rings. The molecule has 1 unspecified atom stereocenters. The first kappa shape index (κ1) is 28.5. The molecule has 1 N–H and O–H groups in total. The number of benzene rings is 2. The summed E-state index contributed by atoms with van der Waals surface area (Å²) in [5.41, 5.74) is 3.18. The number of ether oxygens (including phenoxy) is 2. The van der Waals surface area contributed by atoms with Gasteiger partial charge < -0.3 is 24.4 Å². The Bertz CT molecular complexity index is 1150. The molecule has 0 saturated heterocycles. The lowest BCUT2D eigenvalue weighted by atomic mass is 9.90. The molecule has 0 saturated carbocycles. The minimum absolute atomic E-state index is 0.137. The lowest BCUT2D eigenvalue weighted by Gasteiger charge is -2.49. The molecule has 1 aliphatic heterocycles. The molecule has 0 aliphatic carbocycles. The van der Waals surface area contributed by atoms with Crippen molar-refractivity contribution in [2.75, 3.05) is 52.2 Å². The Balaban J connectivity index is 2.37. The molecule has 2 aromatic rings. The molecule has 0 aromatic heterocycles. The summed E-state index contributed by atoms with van der Waals surface area (Å²) >= 11 is 0. The summed E-state index contributed by atoms with van der Waals surface area (Å²) in [6.07, 6.45) is 0. The van der Waals surface area contributed by atoms with Crippen molar-refractivity contribution in [3.63, 3.8) is 0 Å². The number of hydrogen-bond acceptors (Lipinski definition) is 7. The minimum Gasteiger partial charge on any atom is -0.511 e. The second-order valence-corrected chi connectivity index (χ2v) is 13.9. The number of aliphatic hydroxyl groups excluding tert-OH is 1. The van der Waals surface area contributed by atoms with Gasteiger partial charge in [-0.1, -0.05) is 53.0 Å². The fourth-order valence-corrected chi connectivity index (χ4v) is 9.04. The summed E-state index contributed by atoms with van der Waals surface area (Å²) in [4.78, 5) is 30.5. The highest BCUT2D eigenvalue weighted by Gasteiger charge is 2.54. The van der Waals surface area contributed by atoms with Gasteiger partial charge >= 0.3 is 11.9 Å². The summed E-state index contributed by atoms with van der Waals surface area (Å²) in [5.74, 6) is -2.50. The number of carbonyl (C=O) groups is 2. The van der Waals surface area contributed by atoms with Crippen LogP contribution in [0.1, 0.15) is 43.2 Å². The normalized spacial score (nSPS) is 21.9. The Labute approximate surface area is 221 Å². The molecular weight excluding hydrogens is 487 g/mol. The van der Waals surface area contributed by atoms with Crippen molar-refractivity contribution in [3.8, 4) is 0 Å². The highest BCUT2D eigenvalue weighted by molar-refractivity contribution is 7.60. The molecule has 1 heterocycles. The van der Waals surface area contributed by atoms with Crippen molar-refractivity contribution < 1.29 is 24.2 Å². The zero-order chi connectivity index (χ0) is 27.7. The summed E-state index contributed by atoms with van der Waals surface area (Å²) < 4.78 is 10.4. The third-order valence-corrected chi connectivity index (χ3v) is 10.7. The molecule has 0 bridgehead atoms. The summed E-state index contributed by atoms with van der Waals surface area (Å²) in [6.45, 7) is 6.39. The molecule has 0 amide bonds. The summed E-state index contributed by atoms with van der Waals surface area (Å²) in [6, 6.07) is 16.1. The molecule has 37 heavy (non-hydrogen) atoms. The highest BCUT2D eigenvalue weighted by Crippen LogP contribution is 2.76. The van der Waals surface area contributed by atoms with Gasteiger partial charge in [0.1, 0.15) is 11.7 Å². The van der Waals surface area contributed by atoms with Gasteiger partial charge in [0.25, 0.3) is 0 Å². The van der Waals surface area contributed by atoms with Gasteiger partial charge in [-0.25, -0.2) is 4.79 Å². The van der Waals surface area contributed by atoms with Crippen LogP contribution in [0.3, 0.4) is 0 Å². The van der Waals surface area contributed by atoms with Crippen LogP contribution in [0.5, 0.6) is 0 Å². The molecule has 3 rings (SSSR count). The van der Waals surface area contributed by atoms with Crippen LogP contribution >= 0.6 is 7.92 Å². The van der Waals surface area contributed by atoms with Crippen LogP contribution in [0.4, 0.5) is 11.4 Å². The van der Waals surface area contributed by atoms with Crippen LogP contribution in [0.25, 0.3) is 0 Å².